The Balaban J connectivity index is 1.59. The lowest BCUT2D eigenvalue weighted by atomic mass is 10.2. The number of nitrogens with one attached hydrogen (secondary N) is 2. The number of carbonyl (C=O) groups excluding carboxylic acids is 1. The number of amides is 1. The Bertz CT molecular complexity index is 1120. The zero-order valence-electron chi connectivity index (χ0n) is 14.7. The third-order valence-electron chi connectivity index (χ3n) is 4.17. The van der Waals surface area contributed by atoms with Crippen molar-refractivity contribution in [1.82, 2.24) is 19.7 Å². The molecule has 2 N–H and O–H groups in total. The molecule has 2 aromatic heterocycles. The van der Waals surface area contributed by atoms with Crippen LogP contribution in [-0.2, 0) is 7.05 Å². The minimum Gasteiger partial charge on any atom is -0.495 e. The molecule has 136 valence electrons. The molecular weight excluding hydrogens is 366 g/mol. The van der Waals surface area contributed by atoms with E-state index in [9.17, 15) is 4.79 Å². The highest BCUT2D eigenvalue weighted by atomic mass is 35.5. The van der Waals surface area contributed by atoms with E-state index in [1.807, 2.05) is 24.3 Å². The maximum atomic E-state index is 12.5. The first-order valence-electron chi connectivity index (χ1n) is 8.19. The van der Waals surface area contributed by atoms with E-state index in [1.54, 1.807) is 36.0 Å². The Labute approximate surface area is 159 Å². The molecular formula is C19H16ClN5O2. The molecule has 0 saturated carbocycles. The zero-order chi connectivity index (χ0) is 19.0. The van der Waals surface area contributed by atoms with Crippen molar-refractivity contribution < 1.29 is 9.53 Å². The van der Waals surface area contributed by atoms with Crippen molar-refractivity contribution >= 4 is 34.4 Å². The monoisotopic (exact) mass is 381 g/mol. The van der Waals surface area contributed by atoms with Crippen molar-refractivity contribution in [3.8, 4) is 17.3 Å². The number of aromatic nitrogens is 4. The highest BCUT2D eigenvalue weighted by molar-refractivity contribution is 6.32. The van der Waals surface area contributed by atoms with Crippen LogP contribution in [0, 0.1) is 0 Å². The first-order valence-corrected chi connectivity index (χ1v) is 8.57. The maximum Gasteiger partial charge on any atom is 0.256 e. The number of imidazole rings is 1. The van der Waals surface area contributed by atoms with Crippen LogP contribution in [0.1, 0.15) is 10.4 Å². The SMILES string of the molecule is COc1ccc(C(=O)Nc2cc(-c3nc4ccccc4[nH]3)nn2C)cc1Cl. The average Bonchev–Trinajstić information content (AvgIpc) is 3.25. The van der Waals surface area contributed by atoms with Crippen molar-refractivity contribution in [1.29, 1.82) is 0 Å². The van der Waals surface area contributed by atoms with Gasteiger partial charge in [-0.3, -0.25) is 9.48 Å². The smallest absolute Gasteiger partial charge is 0.256 e. The minimum absolute atomic E-state index is 0.293. The van der Waals surface area contributed by atoms with Crippen molar-refractivity contribution in [2.75, 3.05) is 12.4 Å². The number of nitrogens with zero attached hydrogens (tertiary/aromatic N) is 3. The molecule has 4 rings (SSSR count). The Kier molecular flexibility index (Phi) is 4.29. The Morgan fingerprint density at radius 2 is 2.04 bits per heavy atom. The van der Waals surface area contributed by atoms with Crippen LogP contribution in [0.5, 0.6) is 5.75 Å². The summed E-state index contributed by atoms with van der Waals surface area (Å²) >= 11 is 6.10. The lowest BCUT2D eigenvalue weighted by Crippen LogP contribution is -2.14. The van der Waals surface area contributed by atoms with Gasteiger partial charge in [0.15, 0.2) is 5.82 Å². The van der Waals surface area contributed by atoms with Gasteiger partial charge >= 0.3 is 0 Å². The number of hydrogen-bond donors (Lipinski definition) is 2. The van der Waals surface area contributed by atoms with Gasteiger partial charge in [-0.2, -0.15) is 5.10 Å². The highest BCUT2D eigenvalue weighted by Crippen LogP contribution is 2.26. The number of para-hydroxylation sites is 2. The quantitative estimate of drug-likeness (QED) is 0.561. The van der Waals surface area contributed by atoms with Crippen molar-refractivity contribution in [3.05, 3.63) is 59.1 Å². The van der Waals surface area contributed by atoms with Gasteiger partial charge in [0.05, 0.1) is 23.2 Å². The fourth-order valence-corrected chi connectivity index (χ4v) is 3.03. The van der Waals surface area contributed by atoms with Crippen molar-refractivity contribution in [3.63, 3.8) is 0 Å². The second kappa shape index (κ2) is 6.77. The second-order valence-electron chi connectivity index (χ2n) is 5.94. The van der Waals surface area contributed by atoms with Crippen LogP contribution in [0.4, 0.5) is 5.82 Å². The first kappa shape index (κ1) is 17.1. The largest absolute Gasteiger partial charge is 0.495 e. The van der Waals surface area contributed by atoms with Crippen molar-refractivity contribution in [2.45, 2.75) is 0 Å². The number of fused-ring (bicyclic) bond motifs is 1. The third-order valence-corrected chi connectivity index (χ3v) is 4.46. The molecule has 0 bridgehead atoms. The third kappa shape index (κ3) is 3.24. The molecule has 0 aliphatic carbocycles. The second-order valence-corrected chi connectivity index (χ2v) is 6.35. The van der Waals surface area contributed by atoms with Crippen LogP contribution in [0.3, 0.4) is 0 Å². The molecule has 0 fully saturated rings. The Morgan fingerprint density at radius 3 is 2.78 bits per heavy atom. The van der Waals surface area contributed by atoms with Gasteiger partial charge in [0.25, 0.3) is 5.91 Å². The van der Waals surface area contributed by atoms with Gasteiger partial charge in [-0.25, -0.2) is 4.98 Å². The van der Waals surface area contributed by atoms with E-state index in [0.29, 0.717) is 33.7 Å². The number of methoxy groups -OCH3 is 1. The molecule has 27 heavy (non-hydrogen) atoms. The van der Waals surface area contributed by atoms with Gasteiger partial charge in [-0.1, -0.05) is 23.7 Å². The summed E-state index contributed by atoms with van der Waals surface area (Å²) < 4.78 is 6.70. The lowest BCUT2D eigenvalue weighted by Gasteiger charge is -2.07. The molecule has 0 radical (unpaired) electrons. The molecule has 0 aliphatic heterocycles. The number of ether oxygens (including phenoxy) is 1. The molecule has 2 aromatic carbocycles. The molecule has 0 spiro atoms. The Morgan fingerprint density at radius 1 is 1.22 bits per heavy atom. The minimum atomic E-state index is -0.293. The summed E-state index contributed by atoms with van der Waals surface area (Å²) in [7, 11) is 3.28. The van der Waals surface area contributed by atoms with Crippen LogP contribution < -0.4 is 10.1 Å². The number of rotatable bonds is 4. The number of halogens is 1. The van der Waals surface area contributed by atoms with E-state index in [2.05, 4.69) is 20.4 Å². The molecule has 0 atom stereocenters. The van der Waals surface area contributed by atoms with Crippen molar-refractivity contribution in [2.24, 2.45) is 7.05 Å². The number of carbonyl (C=O) groups is 1. The van der Waals surface area contributed by atoms with E-state index in [0.717, 1.165) is 11.0 Å². The predicted molar refractivity (Wildman–Crippen MR) is 104 cm³/mol. The molecule has 0 saturated heterocycles. The first-order chi connectivity index (χ1) is 13.0. The highest BCUT2D eigenvalue weighted by Gasteiger charge is 2.15. The fourth-order valence-electron chi connectivity index (χ4n) is 2.77. The van der Waals surface area contributed by atoms with Gasteiger partial charge in [-0.05, 0) is 30.3 Å². The summed E-state index contributed by atoms with van der Waals surface area (Å²) in [5.41, 5.74) is 2.84. The van der Waals surface area contributed by atoms with E-state index in [1.165, 1.54) is 7.11 Å². The summed E-state index contributed by atoms with van der Waals surface area (Å²) in [6.45, 7) is 0. The molecule has 2 heterocycles. The summed E-state index contributed by atoms with van der Waals surface area (Å²) in [5, 5.41) is 7.64. The number of anilines is 1. The molecule has 4 aromatic rings. The number of hydrogen-bond acceptors (Lipinski definition) is 4. The fraction of sp³-hybridized carbons (Fsp3) is 0.105. The standard InChI is InChI=1S/C19H16ClN5O2/c1-25-17(23-19(26)11-7-8-16(27-2)12(20)9-11)10-15(24-25)18-21-13-5-3-4-6-14(13)22-18/h3-10H,1-2H3,(H,21,22)(H,23,26). The molecule has 0 unspecified atom stereocenters. The Hall–Kier alpha value is -3.32. The number of benzene rings is 2. The number of H-pyrrole nitrogens is 1. The number of aryl methyl sites for hydroxylation is 1. The summed E-state index contributed by atoms with van der Waals surface area (Å²) in [6, 6.07) is 14.4. The van der Waals surface area contributed by atoms with Crippen LogP contribution in [0.15, 0.2) is 48.5 Å². The van der Waals surface area contributed by atoms with Crippen LogP contribution in [0.2, 0.25) is 5.02 Å². The predicted octanol–water partition coefficient (Wildman–Crippen LogP) is 3.88. The topological polar surface area (TPSA) is 84.8 Å². The molecule has 0 aliphatic rings. The lowest BCUT2D eigenvalue weighted by molar-refractivity contribution is 0.102. The van der Waals surface area contributed by atoms with Gasteiger partial charge < -0.3 is 15.0 Å². The van der Waals surface area contributed by atoms with Gasteiger partial charge in [-0.15, -0.1) is 0 Å². The van der Waals surface area contributed by atoms with Gasteiger partial charge in [0, 0.05) is 18.7 Å². The van der Waals surface area contributed by atoms with Gasteiger partial charge in [0.1, 0.15) is 17.3 Å². The summed E-state index contributed by atoms with van der Waals surface area (Å²) in [4.78, 5) is 20.3. The normalized spacial score (nSPS) is 10.9. The van der Waals surface area contributed by atoms with E-state index >= 15 is 0 Å². The summed E-state index contributed by atoms with van der Waals surface area (Å²) in [5.74, 6) is 1.40. The maximum absolute atomic E-state index is 12.5. The van der Waals surface area contributed by atoms with E-state index < -0.39 is 0 Å². The molecule has 1 amide bonds. The molecule has 7 nitrogen and oxygen atoms in total. The summed E-state index contributed by atoms with van der Waals surface area (Å²) in [6.07, 6.45) is 0. The average molecular weight is 382 g/mol. The zero-order valence-corrected chi connectivity index (χ0v) is 15.4. The van der Waals surface area contributed by atoms with Crippen LogP contribution in [0.25, 0.3) is 22.6 Å². The number of aromatic amines is 1. The van der Waals surface area contributed by atoms with Gasteiger partial charge in [0.2, 0.25) is 0 Å². The van der Waals surface area contributed by atoms with Crippen LogP contribution >= 0.6 is 11.6 Å². The van der Waals surface area contributed by atoms with E-state index in [4.69, 9.17) is 16.3 Å². The van der Waals surface area contributed by atoms with Crippen LogP contribution in [-0.4, -0.2) is 32.8 Å². The van der Waals surface area contributed by atoms with E-state index in [-0.39, 0.29) is 5.91 Å². The molecule has 8 heteroatoms.